The Balaban J connectivity index is 1.79. The van der Waals surface area contributed by atoms with E-state index in [1.807, 2.05) is 0 Å². The zero-order valence-corrected chi connectivity index (χ0v) is 16.7. The second kappa shape index (κ2) is 8.84. The molecule has 9 heteroatoms. The molecule has 2 aromatic carbocycles. The predicted molar refractivity (Wildman–Crippen MR) is 108 cm³/mol. The van der Waals surface area contributed by atoms with E-state index < -0.39 is 17.8 Å². The summed E-state index contributed by atoms with van der Waals surface area (Å²) in [6.07, 6.45) is -4.62. The first kappa shape index (κ1) is 21.1. The molecule has 3 aromatic rings. The van der Waals surface area contributed by atoms with Gasteiger partial charge in [-0.3, -0.25) is 4.79 Å². The number of hydrogen-bond acceptors (Lipinski definition) is 4. The van der Waals surface area contributed by atoms with Crippen LogP contribution >= 0.6 is 23.4 Å². The van der Waals surface area contributed by atoms with Crippen LogP contribution in [0.15, 0.2) is 59.8 Å². The summed E-state index contributed by atoms with van der Waals surface area (Å²) in [7, 11) is 0. The Kier molecular flexibility index (Phi) is 6.44. The quantitative estimate of drug-likeness (QED) is 0.401. The van der Waals surface area contributed by atoms with Crippen molar-refractivity contribution >= 4 is 35.0 Å². The topological polar surface area (TPSA) is 54.9 Å². The fraction of sp³-hybridized carbons (Fsp3) is 0.150. The van der Waals surface area contributed by atoms with Crippen LogP contribution in [0.3, 0.4) is 0 Å². The number of alkyl halides is 3. The molecule has 1 heterocycles. The second-order valence-corrected chi connectivity index (χ2v) is 7.46. The monoisotopic (exact) mass is 437 g/mol. The predicted octanol–water partition coefficient (Wildman–Crippen LogP) is 5.86. The van der Waals surface area contributed by atoms with Gasteiger partial charge in [0.1, 0.15) is 5.69 Å². The first-order valence-corrected chi connectivity index (χ1v) is 9.79. The van der Waals surface area contributed by atoms with Gasteiger partial charge in [-0.1, -0.05) is 59.8 Å². The van der Waals surface area contributed by atoms with Gasteiger partial charge in [-0.05, 0) is 30.7 Å². The van der Waals surface area contributed by atoms with E-state index in [2.05, 4.69) is 15.3 Å². The lowest BCUT2D eigenvalue weighted by molar-refractivity contribution is -0.141. The molecule has 0 bridgehead atoms. The van der Waals surface area contributed by atoms with Crippen molar-refractivity contribution in [1.29, 1.82) is 0 Å². The van der Waals surface area contributed by atoms with Crippen molar-refractivity contribution in [2.45, 2.75) is 18.3 Å². The van der Waals surface area contributed by atoms with E-state index in [9.17, 15) is 18.0 Å². The molecule has 0 unspecified atom stereocenters. The molecule has 4 nitrogen and oxygen atoms in total. The smallest absolute Gasteiger partial charge is 0.325 e. The van der Waals surface area contributed by atoms with Gasteiger partial charge in [-0.2, -0.15) is 13.2 Å². The van der Waals surface area contributed by atoms with Gasteiger partial charge in [0, 0.05) is 16.3 Å². The first-order chi connectivity index (χ1) is 13.7. The lowest BCUT2D eigenvalue weighted by atomic mass is 10.1. The van der Waals surface area contributed by atoms with Crippen molar-refractivity contribution < 1.29 is 18.0 Å². The molecule has 0 radical (unpaired) electrons. The van der Waals surface area contributed by atoms with Crippen molar-refractivity contribution in [3.63, 3.8) is 0 Å². The SMILES string of the molecule is Cc1ccc(Cl)cc1NC(=O)CSc1nc(-c2ccccc2)cc(C(F)(F)F)n1. The largest absolute Gasteiger partial charge is 0.433 e. The molecule has 29 heavy (non-hydrogen) atoms. The van der Waals surface area contributed by atoms with Gasteiger partial charge < -0.3 is 5.32 Å². The van der Waals surface area contributed by atoms with Crippen LogP contribution in [0.1, 0.15) is 11.3 Å². The van der Waals surface area contributed by atoms with E-state index >= 15 is 0 Å². The summed E-state index contributed by atoms with van der Waals surface area (Å²) in [6.45, 7) is 1.81. The summed E-state index contributed by atoms with van der Waals surface area (Å²) < 4.78 is 39.7. The number of aryl methyl sites for hydroxylation is 1. The molecule has 1 aromatic heterocycles. The molecule has 1 amide bonds. The Bertz CT molecular complexity index is 1030. The summed E-state index contributed by atoms with van der Waals surface area (Å²) >= 11 is 6.76. The zero-order chi connectivity index (χ0) is 21.0. The van der Waals surface area contributed by atoms with Gasteiger partial charge in [0.15, 0.2) is 5.16 Å². The van der Waals surface area contributed by atoms with Crippen LogP contribution < -0.4 is 5.32 Å². The number of nitrogens with zero attached hydrogens (tertiary/aromatic N) is 2. The fourth-order valence-electron chi connectivity index (χ4n) is 2.44. The van der Waals surface area contributed by atoms with Crippen LogP contribution in [0.2, 0.25) is 5.02 Å². The van der Waals surface area contributed by atoms with Crippen LogP contribution in [0, 0.1) is 6.92 Å². The average Bonchev–Trinajstić information content (AvgIpc) is 2.69. The number of rotatable bonds is 5. The Morgan fingerprint density at radius 2 is 1.83 bits per heavy atom. The minimum atomic E-state index is -4.62. The van der Waals surface area contributed by atoms with E-state index in [1.54, 1.807) is 55.5 Å². The number of benzene rings is 2. The highest BCUT2D eigenvalue weighted by molar-refractivity contribution is 7.99. The van der Waals surface area contributed by atoms with Crippen molar-refractivity contribution in [2.75, 3.05) is 11.1 Å². The van der Waals surface area contributed by atoms with Crippen LogP contribution in [0.25, 0.3) is 11.3 Å². The maximum Gasteiger partial charge on any atom is 0.433 e. The van der Waals surface area contributed by atoms with Gasteiger partial charge in [-0.25, -0.2) is 9.97 Å². The molecular weight excluding hydrogens is 423 g/mol. The Labute approximate surface area is 174 Å². The molecular formula is C20H15ClF3N3OS. The minimum Gasteiger partial charge on any atom is -0.325 e. The molecule has 0 aliphatic carbocycles. The Morgan fingerprint density at radius 3 is 2.52 bits per heavy atom. The van der Waals surface area contributed by atoms with E-state index in [1.165, 1.54) is 0 Å². The van der Waals surface area contributed by atoms with E-state index in [0.717, 1.165) is 23.4 Å². The van der Waals surface area contributed by atoms with E-state index in [0.29, 0.717) is 16.3 Å². The van der Waals surface area contributed by atoms with Crippen molar-refractivity contribution in [2.24, 2.45) is 0 Å². The molecule has 3 rings (SSSR count). The lowest BCUT2D eigenvalue weighted by Crippen LogP contribution is -2.16. The van der Waals surface area contributed by atoms with Gasteiger partial charge >= 0.3 is 6.18 Å². The van der Waals surface area contributed by atoms with Gasteiger partial charge in [0.25, 0.3) is 0 Å². The molecule has 0 spiro atoms. The van der Waals surface area contributed by atoms with E-state index in [4.69, 9.17) is 11.6 Å². The second-order valence-electron chi connectivity index (χ2n) is 6.08. The summed E-state index contributed by atoms with van der Waals surface area (Å²) in [4.78, 5) is 20.0. The summed E-state index contributed by atoms with van der Waals surface area (Å²) in [6, 6.07) is 14.4. The summed E-state index contributed by atoms with van der Waals surface area (Å²) in [5.41, 5.74) is 0.968. The normalized spacial score (nSPS) is 11.3. The van der Waals surface area contributed by atoms with Crippen molar-refractivity contribution in [1.82, 2.24) is 9.97 Å². The fourth-order valence-corrected chi connectivity index (χ4v) is 3.27. The number of anilines is 1. The molecule has 0 atom stereocenters. The number of nitrogens with one attached hydrogen (secondary N) is 1. The molecule has 0 saturated heterocycles. The molecule has 0 fully saturated rings. The molecule has 0 aliphatic rings. The highest BCUT2D eigenvalue weighted by Gasteiger charge is 2.34. The Hall–Kier alpha value is -2.58. The molecule has 1 N–H and O–H groups in total. The van der Waals surface area contributed by atoms with E-state index in [-0.39, 0.29) is 16.6 Å². The highest BCUT2D eigenvalue weighted by Crippen LogP contribution is 2.32. The third-order valence-electron chi connectivity index (χ3n) is 3.87. The van der Waals surface area contributed by atoms with Crippen LogP contribution in [-0.2, 0) is 11.0 Å². The Morgan fingerprint density at radius 1 is 1.10 bits per heavy atom. The van der Waals surface area contributed by atoms with Gasteiger partial charge in [0.2, 0.25) is 5.91 Å². The number of aromatic nitrogens is 2. The number of halogens is 4. The maximum absolute atomic E-state index is 13.2. The number of amides is 1. The van der Waals surface area contributed by atoms with Crippen molar-refractivity contribution in [3.8, 4) is 11.3 Å². The minimum absolute atomic E-state index is 0.128. The zero-order valence-electron chi connectivity index (χ0n) is 15.1. The third kappa shape index (κ3) is 5.71. The number of hydrogen-bond donors (Lipinski definition) is 1. The van der Waals surface area contributed by atoms with Crippen LogP contribution in [0.4, 0.5) is 18.9 Å². The maximum atomic E-state index is 13.2. The van der Waals surface area contributed by atoms with Gasteiger partial charge in [-0.15, -0.1) is 0 Å². The third-order valence-corrected chi connectivity index (χ3v) is 4.95. The lowest BCUT2D eigenvalue weighted by Gasteiger charge is -2.11. The van der Waals surface area contributed by atoms with Crippen LogP contribution in [-0.4, -0.2) is 21.6 Å². The highest BCUT2D eigenvalue weighted by atomic mass is 35.5. The molecule has 0 aliphatic heterocycles. The summed E-state index contributed by atoms with van der Waals surface area (Å²) in [5, 5.41) is 3.03. The van der Waals surface area contributed by atoms with Gasteiger partial charge in [0.05, 0.1) is 11.4 Å². The summed E-state index contributed by atoms with van der Waals surface area (Å²) in [5.74, 6) is -0.552. The number of thioether (sulfide) groups is 1. The van der Waals surface area contributed by atoms with Crippen molar-refractivity contribution in [3.05, 3.63) is 70.9 Å². The number of carbonyl (C=O) groups is 1. The standard InChI is InChI=1S/C20H15ClF3N3OS/c1-12-7-8-14(21)9-15(12)25-18(28)11-29-19-26-16(13-5-3-2-4-6-13)10-17(27-19)20(22,23)24/h2-10H,11H2,1H3,(H,25,28). The van der Waals surface area contributed by atoms with Crippen LogP contribution in [0.5, 0.6) is 0 Å². The molecule has 0 saturated carbocycles. The average molecular weight is 438 g/mol. The molecule has 150 valence electrons. The first-order valence-electron chi connectivity index (χ1n) is 8.43. The number of carbonyl (C=O) groups excluding carboxylic acids is 1.